The molecule has 8 heteroatoms. The van der Waals surface area contributed by atoms with Crippen molar-refractivity contribution in [3.8, 4) is 0 Å². The van der Waals surface area contributed by atoms with Crippen LogP contribution in [-0.4, -0.2) is 25.9 Å². The molecule has 0 radical (unpaired) electrons. The number of amides is 1. The Labute approximate surface area is 159 Å². The number of pyridine rings is 1. The monoisotopic (exact) mass is 373 g/mol. The lowest BCUT2D eigenvalue weighted by Gasteiger charge is -2.22. The van der Waals surface area contributed by atoms with E-state index in [0.717, 1.165) is 22.5 Å². The molecule has 0 aliphatic carbocycles. The summed E-state index contributed by atoms with van der Waals surface area (Å²) >= 11 is 0. The molecule has 4 heterocycles. The fraction of sp³-hybridized carbons (Fsp3) is 0.100. The Hall–Kier alpha value is -3.94. The number of carbonyl (C=O) groups is 1. The third-order valence-electron chi connectivity index (χ3n) is 4.67. The van der Waals surface area contributed by atoms with E-state index in [4.69, 9.17) is 8.94 Å². The molecule has 1 aromatic carbocycles. The summed E-state index contributed by atoms with van der Waals surface area (Å²) in [5.74, 6) is 0.530. The van der Waals surface area contributed by atoms with Crippen molar-refractivity contribution in [3.05, 3.63) is 90.2 Å². The molecule has 8 nitrogen and oxygen atoms in total. The molecular formula is C20H15N5O3. The lowest BCUT2D eigenvalue weighted by Crippen LogP contribution is -2.29. The van der Waals surface area contributed by atoms with Gasteiger partial charge in [0.05, 0.1) is 24.3 Å². The number of anilines is 2. The standard InChI is InChI=1S/C20H15N5O3/c26-20(17-5-7-23-28-17)25-11-13-8-14(24-15-2-1-6-21-9-15)3-4-16(13)19(25)18-10-22-12-27-18/h1-10,12,19,24H,11H2/t19-/m0/s1. The molecular weight excluding hydrogens is 358 g/mol. The first-order valence-electron chi connectivity index (χ1n) is 8.69. The van der Waals surface area contributed by atoms with Crippen molar-refractivity contribution in [1.29, 1.82) is 0 Å². The van der Waals surface area contributed by atoms with Gasteiger partial charge in [0.1, 0.15) is 6.04 Å². The van der Waals surface area contributed by atoms with Crippen molar-refractivity contribution in [2.45, 2.75) is 12.6 Å². The Bertz CT molecular complexity index is 1090. The molecule has 4 aromatic rings. The number of fused-ring (bicyclic) bond motifs is 1. The highest BCUT2D eigenvalue weighted by Gasteiger charge is 2.38. The van der Waals surface area contributed by atoms with Gasteiger partial charge >= 0.3 is 0 Å². The zero-order valence-corrected chi connectivity index (χ0v) is 14.6. The van der Waals surface area contributed by atoms with E-state index in [0.29, 0.717) is 12.3 Å². The number of aromatic nitrogens is 3. The lowest BCUT2D eigenvalue weighted by molar-refractivity contribution is 0.0661. The first-order valence-corrected chi connectivity index (χ1v) is 8.69. The van der Waals surface area contributed by atoms with Gasteiger partial charge in [-0.25, -0.2) is 4.98 Å². The second-order valence-corrected chi connectivity index (χ2v) is 6.40. The predicted molar refractivity (Wildman–Crippen MR) is 98.7 cm³/mol. The Balaban J connectivity index is 1.51. The molecule has 1 amide bonds. The van der Waals surface area contributed by atoms with E-state index >= 15 is 0 Å². The van der Waals surface area contributed by atoms with Crippen LogP contribution in [0.1, 0.15) is 33.5 Å². The number of rotatable bonds is 4. The van der Waals surface area contributed by atoms with Gasteiger partial charge in [0.2, 0.25) is 5.76 Å². The predicted octanol–water partition coefficient (Wildman–Crippen LogP) is 3.55. The zero-order valence-electron chi connectivity index (χ0n) is 14.6. The van der Waals surface area contributed by atoms with Gasteiger partial charge in [-0.15, -0.1) is 0 Å². The van der Waals surface area contributed by atoms with Crippen molar-refractivity contribution in [3.63, 3.8) is 0 Å². The van der Waals surface area contributed by atoms with E-state index in [1.807, 2.05) is 30.3 Å². The molecule has 28 heavy (non-hydrogen) atoms. The maximum atomic E-state index is 13.0. The minimum Gasteiger partial charge on any atom is -0.446 e. The Morgan fingerprint density at radius 1 is 1.11 bits per heavy atom. The first kappa shape index (κ1) is 16.2. The van der Waals surface area contributed by atoms with Crippen molar-refractivity contribution < 1.29 is 13.7 Å². The van der Waals surface area contributed by atoms with Gasteiger partial charge in [0.15, 0.2) is 12.2 Å². The Morgan fingerprint density at radius 3 is 2.82 bits per heavy atom. The number of carbonyl (C=O) groups excluding carboxylic acids is 1. The largest absolute Gasteiger partial charge is 0.446 e. The molecule has 0 spiro atoms. The number of hydrogen-bond acceptors (Lipinski definition) is 7. The molecule has 1 aliphatic heterocycles. The highest BCUT2D eigenvalue weighted by molar-refractivity contribution is 5.92. The van der Waals surface area contributed by atoms with Crippen LogP contribution in [0.2, 0.25) is 0 Å². The fourth-order valence-electron chi connectivity index (χ4n) is 3.46. The average Bonchev–Trinajstić information content (AvgIpc) is 3.47. The molecule has 1 N–H and O–H groups in total. The SMILES string of the molecule is O=C(c1ccno1)N1Cc2cc(Nc3cccnc3)ccc2[C@H]1c1cnco1. The van der Waals surface area contributed by atoms with Gasteiger partial charge < -0.3 is 19.2 Å². The van der Waals surface area contributed by atoms with Gasteiger partial charge in [0, 0.05) is 24.5 Å². The average molecular weight is 373 g/mol. The van der Waals surface area contributed by atoms with Crippen LogP contribution in [0.5, 0.6) is 0 Å². The van der Waals surface area contributed by atoms with Crippen LogP contribution < -0.4 is 5.32 Å². The van der Waals surface area contributed by atoms with Crippen molar-refractivity contribution in [2.75, 3.05) is 5.32 Å². The van der Waals surface area contributed by atoms with Crippen LogP contribution in [-0.2, 0) is 6.54 Å². The highest BCUT2D eigenvalue weighted by Crippen LogP contribution is 2.40. The van der Waals surface area contributed by atoms with Crippen LogP contribution in [0.15, 0.2) is 76.5 Å². The molecule has 5 rings (SSSR count). The topological polar surface area (TPSA) is 97.3 Å². The molecule has 138 valence electrons. The van der Waals surface area contributed by atoms with E-state index in [-0.39, 0.29) is 17.7 Å². The number of hydrogen-bond donors (Lipinski definition) is 1. The number of oxazole rings is 1. The van der Waals surface area contributed by atoms with Crippen molar-refractivity contribution in [2.24, 2.45) is 0 Å². The van der Waals surface area contributed by atoms with Gasteiger partial charge in [-0.1, -0.05) is 11.2 Å². The molecule has 0 bridgehead atoms. The first-order chi connectivity index (χ1) is 13.8. The van der Waals surface area contributed by atoms with Gasteiger partial charge in [0.25, 0.3) is 5.91 Å². The summed E-state index contributed by atoms with van der Waals surface area (Å²) in [5, 5.41) is 6.96. The van der Waals surface area contributed by atoms with Crippen LogP contribution in [0.4, 0.5) is 11.4 Å². The minimum absolute atomic E-state index is 0.186. The Morgan fingerprint density at radius 2 is 2.07 bits per heavy atom. The summed E-state index contributed by atoms with van der Waals surface area (Å²) < 4.78 is 10.6. The zero-order chi connectivity index (χ0) is 18.9. The lowest BCUT2D eigenvalue weighted by atomic mass is 10.0. The van der Waals surface area contributed by atoms with E-state index in [2.05, 4.69) is 20.4 Å². The summed E-state index contributed by atoms with van der Waals surface area (Å²) in [6.45, 7) is 0.419. The third-order valence-corrected chi connectivity index (χ3v) is 4.67. The molecule has 1 aliphatic rings. The summed E-state index contributed by atoms with van der Waals surface area (Å²) in [6.07, 6.45) is 7.92. The van der Waals surface area contributed by atoms with Gasteiger partial charge in [-0.05, 0) is 35.4 Å². The summed E-state index contributed by atoms with van der Waals surface area (Å²) in [6, 6.07) is 11.0. The molecule has 0 saturated carbocycles. The van der Waals surface area contributed by atoms with Gasteiger partial charge in [-0.2, -0.15) is 0 Å². The van der Waals surface area contributed by atoms with Gasteiger partial charge in [-0.3, -0.25) is 9.78 Å². The second-order valence-electron chi connectivity index (χ2n) is 6.40. The molecule has 1 atom stereocenters. The molecule has 0 saturated heterocycles. The second kappa shape index (κ2) is 6.66. The minimum atomic E-state index is -0.373. The van der Waals surface area contributed by atoms with Crippen LogP contribution >= 0.6 is 0 Å². The Kier molecular flexibility index (Phi) is 3.86. The van der Waals surface area contributed by atoms with Crippen molar-refractivity contribution >= 4 is 17.3 Å². The maximum Gasteiger partial charge on any atom is 0.293 e. The van der Waals surface area contributed by atoms with Crippen LogP contribution in [0.25, 0.3) is 0 Å². The van der Waals surface area contributed by atoms with E-state index in [1.165, 1.54) is 12.6 Å². The number of nitrogens with one attached hydrogen (secondary N) is 1. The van der Waals surface area contributed by atoms with Crippen LogP contribution in [0, 0.1) is 0 Å². The summed E-state index contributed by atoms with van der Waals surface area (Å²) in [5.41, 5.74) is 3.81. The van der Waals surface area contributed by atoms with Crippen LogP contribution in [0.3, 0.4) is 0 Å². The highest BCUT2D eigenvalue weighted by atomic mass is 16.5. The quantitative estimate of drug-likeness (QED) is 0.584. The fourth-order valence-corrected chi connectivity index (χ4v) is 3.46. The van der Waals surface area contributed by atoms with E-state index in [1.54, 1.807) is 29.6 Å². The smallest absolute Gasteiger partial charge is 0.293 e. The normalized spacial score (nSPS) is 15.4. The van der Waals surface area contributed by atoms with Crippen molar-refractivity contribution in [1.82, 2.24) is 20.0 Å². The van der Waals surface area contributed by atoms with E-state index in [9.17, 15) is 4.79 Å². The number of benzene rings is 1. The number of nitrogens with zero attached hydrogens (tertiary/aromatic N) is 4. The summed E-state index contributed by atoms with van der Waals surface area (Å²) in [7, 11) is 0. The van der Waals surface area contributed by atoms with E-state index < -0.39 is 0 Å². The molecule has 0 fully saturated rings. The third kappa shape index (κ3) is 2.81. The maximum absolute atomic E-state index is 13.0. The molecule has 0 unspecified atom stereocenters. The molecule has 3 aromatic heterocycles. The summed E-state index contributed by atoms with van der Waals surface area (Å²) in [4.78, 5) is 22.8.